The standard InChI is InChI=1S/C31H58N4O7/c1-13-20(6)27(34(10)30(38)25(18(2)3)32-29(37)26(19(4)5)33(8)9)23(41-11)17-24(36)35-16-14-15-22(35)28(42-12)21(7)31(39)40/h18-23,25-28H,13-17H2,1-12H3,(H,32,37)(H,39,40)/t20-,21+,22?,23+,25-,26-,27-,28?/m0/s1. The summed E-state index contributed by atoms with van der Waals surface area (Å²) < 4.78 is 11.5. The highest BCUT2D eigenvalue weighted by atomic mass is 16.5. The number of ether oxygens (including phenoxy) is 2. The largest absolute Gasteiger partial charge is 0.481 e. The second kappa shape index (κ2) is 17.2. The Morgan fingerprint density at radius 1 is 0.976 bits per heavy atom. The summed E-state index contributed by atoms with van der Waals surface area (Å²) in [6, 6.07) is -1.90. The molecule has 0 saturated carbocycles. The van der Waals surface area contributed by atoms with E-state index in [4.69, 9.17) is 9.47 Å². The van der Waals surface area contributed by atoms with Gasteiger partial charge in [-0.1, -0.05) is 48.0 Å². The first-order valence-corrected chi connectivity index (χ1v) is 15.4. The first-order valence-electron chi connectivity index (χ1n) is 15.4. The van der Waals surface area contributed by atoms with E-state index in [9.17, 15) is 24.3 Å². The maximum Gasteiger partial charge on any atom is 0.308 e. The Balaban J connectivity index is 3.26. The molecule has 1 heterocycles. The topological polar surface area (TPSA) is 129 Å². The average Bonchev–Trinajstić information content (AvgIpc) is 3.39. The Bertz CT molecular complexity index is 889. The minimum absolute atomic E-state index is 0.00136. The second-order valence-electron chi connectivity index (χ2n) is 12.8. The molecule has 1 aliphatic heterocycles. The summed E-state index contributed by atoms with van der Waals surface area (Å²) in [7, 11) is 8.45. The zero-order valence-corrected chi connectivity index (χ0v) is 28.0. The number of amides is 3. The van der Waals surface area contributed by atoms with Crippen LogP contribution in [0.25, 0.3) is 0 Å². The number of hydrogen-bond donors (Lipinski definition) is 2. The van der Waals surface area contributed by atoms with Crippen LogP contribution in [-0.2, 0) is 28.7 Å². The minimum atomic E-state index is -0.968. The van der Waals surface area contributed by atoms with Crippen molar-refractivity contribution < 1.29 is 33.8 Å². The zero-order valence-electron chi connectivity index (χ0n) is 28.0. The molecule has 42 heavy (non-hydrogen) atoms. The van der Waals surface area contributed by atoms with E-state index in [1.165, 1.54) is 7.11 Å². The summed E-state index contributed by atoms with van der Waals surface area (Å²) in [5, 5.41) is 12.6. The number of likely N-dealkylation sites (tertiary alicyclic amines) is 1. The molecule has 0 aromatic heterocycles. The van der Waals surface area contributed by atoms with Gasteiger partial charge >= 0.3 is 5.97 Å². The SMILES string of the molecule is CC[C@H](C)[C@@H]([C@@H](CC(=O)N1CCCC1C(OC)[C@@H](C)C(=O)O)OC)N(C)C(=O)[C@@H](NC(=O)[C@H](C(C)C)N(C)C)C(C)C. The van der Waals surface area contributed by atoms with Gasteiger partial charge in [0.05, 0.1) is 42.7 Å². The number of nitrogens with zero attached hydrogens (tertiary/aromatic N) is 3. The summed E-state index contributed by atoms with van der Waals surface area (Å²) in [5.74, 6) is -2.42. The molecule has 0 bridgehead atoms. The molecule has 0 aromatic rings. The van der Waals surface area contributed by atoms with Crippen molar-refractivity contribution in [1.82, 2.24) is 20.0 Å². The number of hydrogen-bond acceptors (Lipinski definition) is 7. The van der Waals surface area contributed by atoms with Crippen LogP contribution in [0.5, 0.6) is 0 Å². The summed E-state index contributed by atoms with van der Waals surface area (Å²) >= 11 is 0. The van der Waals surface area contributed by atoms with Gasteiger partial charge in [-0.25, -0.2) is 0 Å². The van der Waals surface area contributed by atoms with Crippen molar-refractivity contribution in [3.8, 4) is 0 Å². The van der Waals surface area contributed by atoms with E-state index in [0.717, 1.165) is 12.8 Å². The highest BCUT2D eigenvalue weighted by molar-refractivity contribution is 5.90. The van der Waals surface area contributed by atoms with Gasteiger partial charge < -0.3 is 29.7 Å². The van der Waals surface area contributed by atoms with Crippen LogP contribution < -0.4 is 5.32 Å². The molecule has 0 aliphatic carbocycles. The van der Waals surface area contributed by atoms with Crippen molar-refractivity contribution in [2.45, 2.75) is 111 Å². The van der Waals surface area contributed by atoms with E-state index in [2.05, 4.69) is 5.32 Å². The molecular weight excluding hydrogens is 540 g/mol. The summed E-state index contributed by atoms with van der Waals surface area (Å²) in [5.41, 5.74) is 0. The number of carbonyl (C=O) groups is 4. The predicted octanol–water partition coefficient (Wildman–Crippen LogP) is 2.72. The fraction of sp³-hybridized carbons (Fsp3) is 0.871. The lowest BCUT2D eigenvalue weighted by Crippen LogP contribution is -2.59. The minimum Gasteiger partial charge on any atom is -0.481 e. The van der Waals surface area contributed by atoms with Crippen molar-refractivity contribution >= 4 is 23.7 Å². The number of rotatable bonds is 17. The third-order valence-corrected chi connectivity index (χ3v) is 8.92. The molecule has 11 nitrogen and oxygen atoms in total. The van der Waals surface area contributed by atoms with Gasteiger partial charge in [0.15, 0.2) is 0 Å². The average molecular weight is 599 g/mol. The van der Waals surface area contributed by atoms with Crippen LogP contribution in [0.15, 0.2) is 0 Å². The van der Waals surface area contributed by atoms with Gasteiger partial charge in [-0.15, -0.1) is 0 Å². The Morgan fingerprint density at radius 2 is 1.57 bits per heavy atom. The smallest absolute Gasteiger partial charge is 0.308 e. The Morgan fingerprint density at radius 3 is 2.00 bits per heavy atom. The quantitative estimate of drug-likeness (QED) is 0.262. The first-order chi connectivity index (χ1) is 19.5. The molecule has 0 spiro atoms. The van der Waals surface area contributed by atoms with Crippen LogP contribution >= 0.6 is 0 Å². The molecule has 1 rings (SSSR count). The fourth-order valence-corrected chi connectivity index (χ4v) is 6.40. The lowest BCUT2D eigenvalue weighted by molar-refractivity contribution is -0.152. The van der Waals surface area contributed by atoms with Crippen LogP contribution in [0.4, 0.5) is 0 Å². The van der Waals surface area contributed by atoms with E-state index >= 15 is 0 Å². The van der Waals surface area contributed by atoms with Crippen LogP contribution in [0.3, 0.4) is 0 Å². The molecule has 244 valence electrons. The molecule has 3 amide bonds. The molecule has 8 atom stereocenters. The van der Waals surface area contributed by atoms with Crippen molar-refractivity contribution in [2.75, 3.05) is 41.9 Å². The third-order valence-electron chi connectivity index (χ3n) is 8.92. The van der Waals surface area contributed by atoms with Gasteiger partial charge in [0.25, 0.3) is 0 Å². The molecule has 2 N–H and O–H groups in total. The Kier molecular flexibility index (Phi) is 15.4. The second-order valence-corrected chi connectivity index (χ2v) is 12.8. The van der Waals surface area contributed by atoms with Gasteiger partial charge in [0, 0.05) is 27.8 Å². The van der Waals surface area contributed by atoms with Gasteiger partial charge in [-0.3, -0.25) is 24.1 Å². The number of nitrogens with one attached hydrogen (secondary N) is 1. The van der Waals surface area contributed by atoms with Crippen molar-refractivity contribution in [1.29, 1.82) is 0 Å². The maximum atomic E-state index is 14.0. The van der Waals surface area contributed by atoms with E-state index in [-0.39, 0.29) is 54.0 Å². The summed E-state index contributed by atoms with van der Waals surface area (Å²) in [4.78, 5) is 57.9. The van der Waals surface area contributed by atoms with Crippen molar-refractivity contribution in [2.24, 2.45) is 23.7 Å². The molecule has 0 radical (unpaired) electrons. The number of carboxylic acids is 1. The molecule has 1 fully saturated rings. The van der Waals surface area contributed by atoms with Gasteiger partial charge in [-0.2, -0.15) is 0 Å². The maximum absolute atomic E-state index is 14.0. The lowest BCUT2D eigenvalue weighted by Gasteiger charge is -2.41. The van der Waals surface area contributed by atoms with Gasteiger partial charge in [-0.05, 0) is 51.6 Å². The highest BCUT2D eigenvalue weighted by Gasteiger charge is 2.43. The molecule has 11 heteroatoms. The lowest BCUT2D eigenvalue weighted by atomic mass is 9.89. The molecular formula is C31H58N4O7. The van der Waals surface area contributed by atoms with E-state index < -0.39 is 36.2 Å². The van der Waals surface area contributed by atoms with E-state index in [1.54, 1.807) is 30.9 Å². The first kappa shape index (κ1) is 37.8. The highest BCUT2D eigenvalue weighted by Crippen LogP contribution is 2.29. The van der Waals surface area contributed by atoms with Crippen LogP contribution in [0.1, 0.15) is 74.1 Å². The van der Waals surface area contributed by atoms with Gasteiger partial charge in [0.2, 0.25) is 17.7 Å². The molecule has 1 aliphatic rings. The Hall–Kier alpha value is -2.24. The molecule has 1 saturated heterocycles. The Labute approximate surface area is 253 Å². The predicted molar refractivity (Wildman–Crippen MR) is 163 cm³/mol. The number of carbonyl (C=O) groups excluding carboxylic acids is 3. The van der Waals surface area contributed by atoms with Crippen LogP contribution in [-0.4, -0.2) is 122 Å². The molecule has 2 unspecified atom stereocenters. The van der Waals surface area contributed by atoms with E-state index in [1.807, 2.05) is 60.5 Å². The summed E-state index contributed by atoms with van der Waals surface area (Å²) in [6.07, 6.45) is 0.970. The van der Waals surface area contributed by atoms with Crippen molar-refractivity contribution in [3.63, 3.8) is 0 Å². The number of methoxy groups -OCH3 is 2. The number of likely N-dealkylation sites (N-methyl/N-ethyl adjacent to an activating group) is 2. The zero-order chi connectivity index (χ0) is 32.5. The third kappa shape index (κ3) is 9.38. The normalized spacial score (nSPS) is 20.6. The van der Waals surface area contributed by atoms with Crippen LogP contribution in [0, 0.1) is 23.7 Å². The fourth-order valence-electron chi connectivity index (χ4n) is 6.40. The van der Waals surface area contributed by atoms with Crippen LogP contribution in [0.2, 0.25) is 0 Å². The van der Waals surface area contributed by atoms with E-state index in [0.29, 0.717) is 13.0 Å². The monoisotopic (exact) mass is 598 g/mol. The molecule has 0 aromatic carbocycles. The van der Waals surface area contributed by atoms with Gasteiger partial charge in [0.1, 0.15) is 6.04 Å². The number of aliphatic carboxylic acids is 1. The number of carboxylic acid groups (broad SMARTS) is 1. The summed E-state index contributed by atoms with van der Waals surface area (Å²) in [6.45, 7) is 13.9. The van der Waals surface area contributed by atoms with Crippen molar-refractivity contribution in [3.05, 3.63) is 0 Å².